The van der Waals surface area contributed by atoms with Crippen LogP contribution in [0.4, 0.5) is 4.79 Å². The molecule has 2 heterocycles. The van der Waals surface area contributed by atoms with Gasteiger partial charge in [0.15, 0.2) is 0 Å². The first-order chi connectivity index (χ1) is 14.9. The van der Waals surface area contributed by atoms with Gasteiger partial charge in [-0.2, -0.15) is 5.26 Å². The summed E-state index contributed by atoms with van der Waals surface area (Å²) in [6.07, 6.45) is 3.55. The van der Waals surface area contributed by atoms with Crippen LogP contribution in [0.5, 0.6) is 0 Å². The van der Waals surface area contributed by atoms with Crippen LogP contribution in [0.25, 0.3) is 0 Å². The maximum atomic E-state index is 13.1. The Hall–Kier alpha value is -2.92. The second-order valence-corrected chi connectivity index (χ2v) is 8.91. The maximum Gasteiger partial charge on any atom is 0.325 e. The zero-order valence-corrected chi connectivity index (χ0v) is 18.0. The van der Waals surface area contributed by atoms with Gasteiger partial charge >= 0.3 is 6.03 Å². The average molecular weight is 424 g/mol. The third-order valence-corrected chi connectivity index (χ3v) is 7.01. The lowest BCUT2D eigenvalue weighted by Gasteiger charge is -2.37. The van der Waals surface area contributed by atoms with Crippen LogP contribution in [0.1, 0.15) is 43.7 Å². The first kappa shape index (κ1) is 21.3. The predicted octanol–water partition coefficient (Wildman–Crippen LogP) is 1.70. The van der Waals surface area contributed by atoms with E-state index in [0.29, 0.717) is 25.1 Å². The van der Waals surface area contributed by atoms with Crippen LogP contribution >= 0.6 is 0 Å². The fourth-order valence-corrected chi connectivity index (χ4v) is 4.97. The Morgan fingerprint density at radius 2 is 1.87 bits per heavy atom. The molecule has 2 aliphatic heterocycles. The summed E-state index contributed by atoms with van der Waals surface area (Å²) in [6, 6.07) is 9.21. The number of rotatable bonds is 4. The number of carbonyl (C=O) groups is 3. The maximum absolute atomic E-state index is 13.1. The third kappa shape index (κ3) is 4.15. The van der Waals surface area contributed by atoms with E-state index in [1.807, 2.05) is 31.2 Å². The minimum atomic E-state index is -0.824. The number of piperazine rings is 1. The van der Waals surface area contributed by atoms with Crippen molar-refractivity contribution in [3.8, 4) is 6.07 Å². The molecular weight excluding hydrogens is 394 g/mol. The van der Waals surface area contributed by atoms with Crippen molar-refractivity contribution >= 4 is 17.8 Å². The van der Waals surface area contributed by atoms with Gasteiger partial charge in [-0.1, -0.05) is 31.9 Å². The van der Waals surface area contributed by atoms with Crippen molar-refractivity contribution in [1.29, 1.82) is 5.26 Å². The number of nitrogens with one attached hydrogen (secondary N) is 1. The van der Waals surface area contributed by atoms with Crippen molar-refractivity contribution in [2.45, 2.75) is 44.7 Å². The number of hydrogen-bond acceptors (Lipinski definition) is 5. The second kappa shape index (κ2) is 8.67. The van der Waals surface area contributed by atoms with Gasteiger partial charge in [0, 0.05) is 32.7 Å². The lowest BCUT2D eigenvalue weighted by molar-refractivity contribution is -0.141. The topological polar surface area (TPSA) is 96.8 Å². The van der Waals surface area contributed by atoms with Gasteiger partial charge in [0.05, 0.1) is 11.6 Å². The number of urea groups is 1. The highest BCUT2D eigenvalue weighted by Crippen LogP contribution is 2.38. The largest absolute Gasteiger partial charge is 0.339 e. The van der Waals surface area contributed by atoms with Crippen molar-refractivity contribution in [3.63, 3.8) is 0 Å². The molecule has 4 amide bonds. The summed E-state index contributed by atoms with van der Waals surface area (Å²) in [5.41, 5.74) is 0.948. The summed E-state index contributed by atoms with van der Waals surface area (Å²) < 4.78 is 0. The molecule has 1 saturated carbocycles. The summed E-state index contributed by atoms with van der Waals surface area (Å²) in [5, 5.41) is 11.8. The molecule has 1 aromatic rings. The van der Waals surface area contributed by atoms with E-state index in [-0.39, 0.29) is 24.3 Å². The fraction of sp³-hybridized carbons (Fsp3) is 0.565. The number of nitrogens with zero attached hydrogens (tertiary/aromatic N) is 4. The number of nitriles is 1. The minimum absolute atomic E-state index is 0.0866. The Kier molecular flexibility index (Phi) is 5.96. The highest BCUT2D eigenvalue weighted by atomic mass is 16.2. The molecule has 1 spiro atoms. The fourth-order valence-electron chi connectivity index (χ4n) is 4.97. The summed E-state index contributed by atoms with van der Waals surface area (Å²) in [6.45, 7) is 5.19. The summed E-state index contributed by atoms with van der Waals surface area (Å²) >= 11 is 0. The molecule has 1 aromatic carbocycles. The van der Waals surface area contributed by atoms with Gasteiger partial charge in [-0.15, -0.1) is 0 Å². The molecule has 2 saturated heterocycles. The predicted molar refractivity (Wildman–Crippen MR) is 114 cm³/mol. The van der Waals surface area contributed by atoms with Crippen molar-refractivity contribution in [1.82, 2.24) is 20.0 Å². The number of hydrogen-bond donors (Lipinski definition) is 1. The van der Waals surface area contributed by atoms with E-state index in [1.165, 1.54) is 0 Å². The molecule has 31 heavy (non-hydrogen) atoms. The average Bonchev–Trinajstić information content (AvgIpc) is 3.01. The molecule has 8 nitrogen and oxygen atoms in total. The van der Waals surface area contributed by atoms with E-state index < -0.39 is 11.6 Å². The standard InChI is InChI=1S/C23H29N5O3/c1-17-4-2-3-9-23(17)21(30)28(22(31)25-23)16-20(29)27-12-10-26(11-13-27)15-19-7-5-18(14-24)6-8-19/h5-8,17H,2-4,9-13,15-16H2,1H3,(H,25,31)/t17-,23+/m1/s1. The van der Waals surface area contributed by atoms with Gasteiger partial charge in [0.25, 0.3) is 5.91 Å². The first-order valence-electron chi connectivity index (χ1n) is 11.1. The lowest BCUT2D eigenvalue weighted by atomic mass is 9.73. The Balaban J connectivity index is 1.30. The van der Waals surface area contributed by atoms with Gasteiger partial charge in [-0.25, -0.2) is 4.79 Å². The molecule has 0 unspecified atom stereocenters. The Labute approximate surface area is 182 Å². The van der Waals surface area contributed by atoms with Crippen LogP contribution in [0.2, 0.25) is 0 Å². The Morgan fingerprint density at radius 1 is 1.16 bits per heavy atom. The molecule has 2 atom stereocenters. The van der Waals surface area contributed by atoms with E-state index in [0.717, 1.165) is 49.4 Å². The van der Waals surface area contributed by atoms with E-state index >= 15 is 0 Å². The number of imide groups is 1. The molecule has 3 fully saturated rings. The highest BCUT2D eigenvalue weighted by Gasteiger charge is 2.55. The van der Waals surface area contributed by atoms with Gasteiger partial charge in [0.2, 0.25) is 5.91 Å². The molecule has 4 rings (SSSR count). The summed E-state index contributed by atoms with van der Waals surface area (Å²) in [4.78, 5) is 43.5. The van der Waals surface area contributed by atoms with E-state index in [1.54, 1.807) is 4.90 Å². The van der Waals surface area contributed by atoms with Crippen molar-refractivity contribution in [3.05, 3.63) is 35.4 Å². The monoisotopic (exact) mass is 423 g/mol. The number of amides is 4. The third-order valence-electron chi connectivity index (χ3n) is 7.01. The van der Waals surface area contributed by atoms with Crippen LogP contribution in [0.15, 0.2) is 24.3 Å². The molecule has 1 N–H and O–H groups in total. The Morgan fingerprint density at radius 3 is 2.52 bits per heavy atom. The molecule has 3 aliphatic rings. The smallest absolute Gasteiger partial charge is 0.325 e. The normalized spacial score (nSPS) is 26.8. The van der Waals surface area contributed by atoms with E-state index in [2.05, 4.69) is 16.3 Å². The number of carbonyl (C=O) groups excluding carboxylic acids is 3. The molecular formula is C23H29N5O3. The van der Waals surface area contributed by atoms with Crippen LogP contribution < -0.4 is 5.32 Å². The SMILES string of the molecule is C[C@@H]1CCCC[C@]12NC(=O)N(CC(=O)N1CCN(Cc3ccc(C#N)cc3)CC1)C2=O. The van der Waals surface area contributed by atoms with Gasteiger partial charge in [-0.3, -0.25) is 19.4 Å². The quantitative estimate of drug-likeness (QED) is 0.744. The Bertz CT molecular complexity index is 901. The van der Waals surface area contributed by atoms with Gasteiger partial charge in [-0.05, 0) is 36.5 Å². The molecule has 8 heteroatoms. The van der Waals surface area contributed by atoms with E-state index in [9.17, 15) is 14.4 Å². The van der Waals surface area contributed by atoms with Gasteiger partial charge < -0.3 is 10.2 Å². The zero-order chi connectivity index (χ0) is 22.0. The van der Waals surface area contributed by atoms with Crippen LogP contribution in [0.3, 0.4) is 0 Å². The number of benzene rings is 1. The van der Waals surface area contributed by atoms with Crippen LogP contribution in [0, 0.1) is 17.2 Å². The summed E-state index contributed by atoms with van der Waals surface area (Å²) in [7, 11) is 0. The molecule has 0 radical (unpaired) electrons. The lowest BCUT2D eigenvalue weighted by Crippen LogP contribution is -2.54. The van der Waals surface area contributed by atoms with Crippen molar-refractivity contribution < 1.29 is 14.4 Å². The van der Waals surface area contributed by atoms with Crippen molar-refractivity contribution in [2.75, 3.05) is 32.7 Å². The first-order valence-corrected chi connectivity index (χ1v) is 11.1. The highest BCUT2D eigenvalue weighted by molar-refractivity contribution is 6.09. The van der Waals surface area contributed by atoms with Crippen LogP contribution in [-0.4, -0.2) is 70.8 Å². The van der Waals surface area contributed by atoms with Crippen molar-refractivity contribution in [2.24, 2.45) is 5.92 Å². The minimum Gasteiger partial charge on any atom is -0.339 e. The molecule has 164 valence electrons. The van der Waals surface area contributed by atoms with E-state index in [4.69, 9.17) is 5.26 Å². The molecule has 0 bridgehead atoms. The van der Waals surface area contributed by atoms with Crippen LogP contribution in [-0.2, 0) is 16.1 Å². The zero-order valence-electron chi connectivity index (χ0n) is 18.0. The summed E-state index contributed by atoms with van der Waals surface area (Å²) in [5.74, 6) is -0.330. The van der Waals surface area contributed by atoms with Gasteiger partial charge in [0.1, 0.15) is 12.1 Å². The second-order valence-electron chi connectivity index (χ2n) is 8.91. The molecule has 1 aliphatic carbocycles. The molecule has 0 aromatic heterocycles.